The molecule has 116 valence electrons. The molecule has 2 amide bonds. The lowest BCUT2D eigenvalue weighted by Crippen LogP contribution is -2.15. The van der Waals surface area contributed by atoms with E-state index in [0.717, 1.165) is 5.56 Å². The van der Waals surface area contributed by atoms with Crippen molar-refractivity contribution in [2.45, 2.75) is 6.42 Å². The molecule has 0 atom stereocenters. The van der Waals surface area contributed by atoms with Crippen molar-refractivity contribution < 1.29 is 14.0 Å². The highest BCUT2D eigenvalue weighted by atomic mass is 16.4. The standard InChI is InChI=1S/C16H13N3O4/c17-15(21)10-2-4-11(5-3-10)18-14(20)8-9-1-6-13-12(7-9)19-16(22)23-13/h1-7H,8H2,(H2,17,21)(H,18,20)(H,19,22). The van der Waals surface area contributed by atoms with E-state index in [4.69, 9.17) is 10.2 Å². The number of nitrogens with one attached hydrogen (secondary N) is 2. The number of aromatic amines is 1. The molecule has 2 aromatic carbocycles. The summed E-state index contributed by atoms with van der Waals surface area (Å²) in [6, 6.07) is 11.3. The number of benzene rings is 2. The van der Waals surface area contributed by atoms with Gasteiger partial charge in [0.05, 0.1) is 11.9 Å². The van der Waals surface area contributed by atoms with E-state index < -0.39 is 11.7 Å². The second-order valence-corrected chi connectivity index (χ2v) is 5.01. The first kappa shape index (κ1) is 14.6. The van der Waals surface area contributed by atoms with Crippen LogP contribution in [0, 0.1) is 0 Å². The molecule has 1 aromatic heterocycles. The molecule has 7 nitrogen and oxygen atoms in total. The summed E-state index contributed by atoms with van der Waals surface area (Å²) in [7, 11) is 0. The molecular weight excluding hydrogens is 298 g/mol. The summed E-state index contributed by atoms with van der Waals surface area (Å²) < 4.78 is 4.90. The number of aromatic nitrogens is 1. The zero-order chi connectivity index (χ0) is 16.4. The maximum absolute atomic E-state index is 12.0. The Bertz CT molecular complexity index is 938. The summed E-state index contributed by atoms with van der Waals surface area (Å²) in [4.78, 5) is 36.7. The third-order valence-electron chi connectivity index (χ3n) is 3.30. The van der Waals surface area contributed by atoms with E-state index in [1.54, 1.807) is 42.5 Å². The quantitative estimate of drug-likeness (QED) is 0.674. The fourth-order valence-electron chi connectivity index (χ4n) is 2.22. The third kappa shape index (κ3) is 3.29. The lowest BCUT2D eigenvalue weighted by atomic mass is 10.1. The van der Waals surface area contributed by atoms with Crippen molar-refractivity contribution in [1.82, 2.24) is 4.98 Å². The van der Waals surface area contributed by atoms with Crippen LogP contribution in [0.15, 0.2) is 51.7 Å². The molecular formula is C16H13N3O4. The van der Waals surface area contributed by atoms with E-state index in [0.29, 0.717) is 22.4 Å². The summed E-state index contributed by atoms with van der Waals surface area (Å²) in [5.41, 5.74) is 7.82. The number of oxazole rings is 1. The van der Waals surface area contributed by atoms with Gasteiger partial charge >= 0.3 is 5.76 Å². The Morgan fingerprint density at radius 2 is 1.87 bits per heavy atom. The SMILES string of the molecule is NC(=O)c1ccc(NC(=O)Cc2ccc3oc(=O)[nH]c3c2)cc1. The minimum Gasteiger partial charge on any atom is -0.408 e. The number of hydrogen-bond acceptors (Lipinski definition) is 4. The first-order valence-electron chi connectivity index (χ1n) is 6.83. The Morgan fingerprint density at radius 1 is 1.13 bits per heavy atom. The van der Waals surface area contributed by atoms with Crippen molar-refractivity contribution in [1.29, 1.82) is 0 Å². The summed E-state index contributed by atoms with van der Waals surface area (Å²) in [6.45, 7) is 0. The first-order chi connectivity index (χ1) is 11.0. The number of fused-ring (bicyclic) bond motifs is 1. The second kappa shape index (κ2) is 5.80. The Kier molecular flexibility index (Phi) is 3.68. The fourth-order valence-corrected chi connectivity index (χ4v) is 2.22. The van der Waals surface area contributed by atoms with Gasteiger partial charge in [0.2, 0.25) is 11.8 Å². The monoisotopic (exact) mass is 311 g/mol. The molecule has 0 bridgehead atoms. The lowest BCUT2D eigenvalue weighted by Gasteiger charge is -2.06. The molecule has 0 spiro atoms. The molecule has 0 fully saturated rings. The van der Waals surface area contributed by atoms with Crippen molar-refractivity contribution in [3.8, 4) is 0 Å². The molecule has 0 radical (unpaired) electrons. The fraction of sp³-hybridized carbons (Fsp3) is 0.0625. The predicted molar refractivity (Wildman–Crippen MR) is 84.1 cm³/mol. The van der Waals surface area contributed by atoms with Gasteiger partial charge in [-0.3, -0.25) is 14.6 Å². The van der Waals surface area contributed by atoms with Crippen LogP contribution in [0.5, 0.6) is 0 Å². The van der Waals surface area contributed by atoms with Gasteiger partial charge in [0.15, 0.2) is 5.58 Å². The Balaban J connectivity index is 1.70. The van der Waals surface area contributed by atoms with E-state index in [1.807, 2.05) is 0 Å². The van der Waals surface area contributed by atoms with Gasteiger partial charge in [0.25, 0.3) is 0 Å². The van der Waals surface area contributed by atoms with Crippen LogP contribution in [-0.4, -0.2) is 16.8 Å². The van der Waals surface area contributed by atoms with Crippen molar-refractivity contribution in [3.05, 3.63) is 64.1 Å². The summed E-state index contributed by atoms with van der Waals surface area (Å²) >= 11 is 0. The normalized spacial score (nSPS) is 10.6. The number of carbonyl (C=O) groups is 2. The van der Waals surface area contributed by atoms with E-state index in [1.165, 1.54) is 0 Å². The highest BCUT2D eigenvalue weighted by Crippen LogP contribution is 2.14. The van der Waals surface area contributed by atoms with E-state index in [2.05, 4.69) is 10.3 Å². The van der Waals surface area contributed by atoms with Crippen LogP contribution in [0.3, 0.4) is 0 Å². The van der Waals surface area contributed by atoms with Crippen LogP contribution < -0.4 is 16.8 Å². The summed E-state index contributed by atoms with van der Waals surface area (Å²) in [5.74, 6) is -1.27. The highest BCUT2D eigenvalue weighted by Gasteiger charge is 2.08. The van der Waals surface area contributed by atoms with Crippen LogP contribution in [0.1, 0.15) is 15.9 Å². The number of H-pyrrole nitrogens is 1. The molecule has 4 N–H and O–H groups in total. The molecule has 0 aliphatic rings. The number of carbonyl (C=O) groups excluding carboxylic acids is 2. The minimum atomic E-state index is -0.531. The van der Waals surface area contributed by atoms with Gasteiger partial charge in [0.1, 0.15) is 0 Å². The maximum Gasteiger partial charge on any atom is 0.417 e. The van der Waals surface area contributed by atoms with Gasteiger partial charge in [-0.05, 0) is 42.0 Å². The van der Waals surface area contributed by atoms with Gasteiger partial charge in [-0.2, -0.15) is 0 Å². The number of anilines is 1. The maximum atomic E-state index is 12.0. The summed E-state index contributed by atoms with van der Waals surface area (Å²) in [5, 5.41) is 2.72. The number of amides is 2. The average molecular weight is 311 g/mol. The number of rotatable bonds is 4. The Labute approximate surface area is 130 Å². The van der Waals surface area contributed by atoms with Gasteiger partial charge in [-0.1, -0.05) is 6.07 Å². The molecule has 0 aliphatic heterocycles. The van der Waals surface area contributed by atoms with E-state index in [-0.39, 0.29) is 12.3 Å². The van der Waals surface area contributed by atoms with Crippen LogP contribution >= 0.6 is 0 Å². The van der Waals surface area contributed by atoms with Crippen LogP contribution in [0.25, 0.3) is 11.1 Å². The second-order valence-electron chi connectivity index (χ2n) is 5.01. The van der Waals surface area contributed by atoms with E-state index >= 15 is 0 Å². The minimum absolute atomic E-state index is 0.140. The number of primary amides is 1. The Hall–Kier alpha value is -3.35. The predicted octanol–water partition coefficient (Wildman–Crippen LogP) is 1.40. The van der Waals surface area contributed by atoms with Gasteiger partial charge in [-0.25, -0.2) is 4.79 Å². The smallest absolute Gasteiger partial charge is 0.408 e. The van der Waals surface area contributed by atoms with Crippen molar-refractivity contribution in [2.24, 2.45) is 5.73 Å². The lowest BCUT2D eigenvalue weighted by molar-refractivity contribution is -0.115. The van der Waals surface area contributed by atoms with Crippen molar-refractivity contribution >= 4 is 28.6 Å². The third-order valence-corrected chi connectivity index (χ3v) is 3.30. The van der Waals surface area contributed by atoms with Crippen molar-refractivity contribution in [2.75, 3.05) is 5.32 Å². The molecule has 0 saturated heterocycles. The van der Waals surface area contributed by atoms with Crippen molar-refractivity contribution in [3.63, 3.8) is 0 Å². The number of nitrogens with two attached hydrogens (primary N) is 1. The van der Waals surface area contributed by atoms with Crippen LogP contribution in [0.2, 0.25) is 0 Å². The molecule has 7 heteroatoms. The molecule has 3 aromatic rings. The van der Waals surface area contributed by atoms with E-state index in [9.17, 15) is 14.4 Å². The molecule has 0 aliphatic carbocycles. The molecule has 0 saturated carbocycles. The molecule has 1 heterocycles. The molecule has 3 rings (SSSR count). The van der Waals surface area contributed by atoms with Crippen LogP contribution in [0.4, 0.5) is 5.69 Å². The topological polar surface area (TPSA) is 118 Å². The summed E-state index contributed by atoms with van der Waals surface area (Å²) in [6.07, 6.45) is 0.140. The zero-order valence-electron chi connectivity index (χ0n) is 12.0. The van der Waals surface area contributed by atoms with Gasteiger partial charge < -0.3 is 15.5 Å². The van der Waals surface area contributed by atoms with Gasteiger partial charge in [0, 0.05) is 11.3 Å². The number of hydrogen-bond donors (Lipinski definition) is 3. The largest absolute Gasteiger partial charge is 0.417 e. The Morgan fingerprint density at radius 3 is 2.57 bits per heavy atom. The van der Waals surface area contributed by atoms with Crippen LogP contribution in [-0.2, 0) is 11.2 Å². The zero-order valence-corrected chi connectivity index (χ0v) is 12.0. The highest BCUT2D eigenvalue weighted by molar-refractivity contribution is 5.95. The van der Waals surface area contributed by atoms with Gasteiger partial charge in [-0.15, -0.1) is 0 Å². The molecule has 23 heavy (non-hydrogen) atoms. The first-order valence-corrected chi connectivity index (χ1v) is 6.83. The molecule has 0 unspecified atom stereocenters. The average Bonchev–Trinajstić information content (AvgIpc) is 2.87.